The Balaban J connectivity index is 1.98. The van der Waals surface area contributed by atoms with Gasteiger partial charge in [0.2, 0.25) is 0 Å². The monoisotopic (exact) mass is 363 g/mol. The molecule has 1 N–H and O–H groups in total. The number of pyridine rings is 1. The molecule has 0 saturated heterocycles. The molecule has 4 rings (SSSR count). The highest BCUT2D eigenvalue weighted by Crippen LogP contribution is 2.37. The predicted octanol–water partition coefficient (Wildman–Crippen LogP) is 6.00. The Bertz CT molecular complexity index is 1090. The van der Waals surface area contributed by atoms with Gasteiger partial charge in [-0.2, -0.15) is 0 Å². The van der Waals surface area contributed by atoms with Gasteiger partial charge in [0.1, 0.15) is 0 Å². The summed E-state index contributed by atoms with van der Waals surface area (Å²) < 4.78 is 0. The van der Waals surface area contributed by atoms with Gasteiger partial charge in [-0.15, -0.1) is 0 Å². The maximum absolute atomic E-state index is 12.8. The number of hydrogen-bond donors (Lipinski definition) is 1. The van der Waals surface area contributed by atoms with Gasteiger partial charge in [-0.3, -0.25) is 4.79 Å². The SMILES string of the molecule is O=c1[nH]c2ccccc2c(-c2ccccc2)c1Sc1ccc(Cl)cc1. The van der Waals surface area contributed by atoms with Crippen LogP contribution in [0.4, 0.5) is 0 Å². The van der Waals surface area contributed by atoms with Gasteiger partial charge in [0.15, 0.2) is 0 Å². The zero-order valence-electron chi connectivity index (χ0n) is 13.2. The Morgan fingerprint density at radius 1 is 0.800 bits per heavy atom. The second-order valence-electron chi connectivity index (χ2n) is 5.63. The van der Waals surface area contributed by atoms with Crippen LogP contribution < -0.4 is 5.56 Å². The van der Waals surface area contributed by atoms with Crippen molar-refractivity contribution in [3.8, 4) is 11.1 Å². The van der Waals surface area contributed by atoms with Gasteiger partial charge in [0.05, 0.1) is 4.90 Å². The first kappa shape index (κ1) is 16.0. The third kappa shape index (κ3) is 3.21. The van der Waals surface area contributed by atoms with E-state index in [0.717, 1.165) is 26.9 Å². The van der Waals surface area contributed by atoms with E-state index in [4.69, 9.17) is 11.6 Å². The van der Waals surface area contributed by atoms with Gasteiger partial charge in [-0.25, -0.2) is 0 Å². The van der Waals surface area contributed by atoms with E-state index in [2.05, 4.69) is 4.98 Å². The molecule has 2 nitrogen and oxygen atoms in total. The van der Waals surface area contributed by atoms with Crippen LogP contribution >= 0.6 is 23.4 Å². The van der Waals surface area contributed by atoms with E-state index >= 15 is 0 Å². The first-order chi connectivity index (χ1) is 12.2. The minimum atomic E-state index is -0.0856. The van der Waals surface area contributed by atoms with Crippen LogP contribution in [-0.2, 0) is 0 Å². The van der Waals surface area contributed by atoms with Crippen LogP contribution in [0, 0.1) is 0 Å². The molecule has 0 aliphatic rings. The van der Waals surface area contributed by atoms with Crippen LogP contribution in [-0.4, -0.2) is 4.98 Å². The van der Waals surface area contributed by atoms with Crippen molar-refractivity contribution in [3.05, 3.63) is 94.2 Å². The van der Waals surface area contributed by atoms with Crippen LogP contribution in [0.15, 0.2) is 93.4 Å². The fraction of sp³-hybridized carbons (Fsp3) is 0. The van der Waals surface area contributed by atoms with Crippen molar-refractivity contribution in [1.82, 2.24) is 4.98 Å². The molecular weight excluding hydrogens is 350 g/mol. The zero-order chi connectivity index (χ0) is 17.2. The number of aromatic amines is 1. The Labute approximate surface area is 154 Å². The summed E-state index contributed by atoms with van der Waals surface area (Å²) in [4.78, 5) is 17.5. The van der Waals surface area contributed by atoms with E-state index in [1.807, 2.05) is 78.9 Å². The van der Waals surface area contributed by atoms with Crippen molar-refractivity contribution >= 4 is 34.3 Å². The molecule has 3 aromatic carbocycles. The van der Waals surface area contributed by atoms with Gasteiger partial charge >= 0.3 is 0 Å². The smallest absolute Gasteiger partial charge is 0.263 e. The molecule has 0 radical (unpaired) electrons. The minimum absolute atomic E-state index is 0.0856. The summed E-state index contributed by atoms with van der Waals surface area (Å²) in [5.41, 5.74) is 2.74. The number of H-pyrrole nitrogens is 1. The van der Waals surface area contributed by atoms with Crippen LogP contribution in [0.1, 0.15) is 0 Å². The second kappa shape index (κ2) is 6.79. The van der Waals surface area contributed by atoms with E-state index < -0.39 is 0 Å². The zero-order valence-corrected chi connectivity index (χ0v) is 14.8. The predicted molar refractivity (Wildman–Crippen MR) is 106 cm³/mol. The summed E-state index contributed by atoms with van der Waals surface area (Å²) in [6.07, 6.45) is 0. The van der Waals surface area contributed by atoms with Gasteiger partial charge in [-0.05, 0) is 35.9 Å². The molecule has 0 fully saturated rings. The quantitative estimate of drug-likeness (QED) is 0.484. The summed E-state index contributed by atoms with van der Waals surface area (Å²) >= 11 is 7.43. The van der Waals surface area contributed by atoms with Crippen LogP contribution in [0.3, 0.4) is 0 Å². The van der Waals surface area contributed by atoms with Crippen molar-refractivity contribution in [2.45, 2.75) is 9.79 Å². The summed E-state index contributed by atoms with van der Waals surface area (Å²) in [5.74, 6) is 0. The Morgan fingerprint density at radius 2 is 1.48 bits per heavy atom. The Morgan fingerprint density at radius 3 is 2.24 bits per heavy atom. The summed E-state index contributed by atoms with van der Waals surface area (Å²) in [6, 6.07) is 25.4. The Hall–Kier alpha value is -2.49. The number of hydrogen-bond acceptors (Lipinski definition) is 2. The van der Waals surface area contributed by atoms with Gasteiger partial charge in [-0.1, -0.05) is 71.9 Å². The number of rotatable bonds is 3. The van der Waals surface area contributed by atoms with Crippen molar-refractivity contribution in [3.63, 3.8) is 0 Å². The Kier molecular flexibility index (Phi) is 4.35. The second-order valence-corrected chi connectivity index (χ2v) is 7.15. The normalized spacial score (nSPS) is 10.9. The van der Waals surface area contributed by atoms with Crippen molar-refractivity contribution in [2.75, 3.05) is 0 Å². The number of fused-ring (bicyclic) bond motifs is 1. The van der Waals surface area contributed by atoms with E-state index in [-0.39, 0.29) is 5.56 Å². The van der Waals surface area contributed by atoms with Crippen LogP contribution in [0.2, 0.25) is 5.02 Å². The van der Waals surface area contributed by atoms with Crippen molar-refractivity contribution in [2.24, 2.45) is 0 Å². The first-order valence-corrected chi connectivity index (χ1v) is 9.06. The molecule has 0 unspecified atom stereocenters. The molecule has 0 aliphatic heterocycles. The highest BCUT2D eigenvalue weighted by molar-refractivity contribution is 7.99. The van der Waals surface area contributed by atoms with Crippen LogP contribution in [0.25, 0.3) is 22.0 Å². The molecule has 0 aliphatic carbocycles. The number of aromatic nitrogens is 1. The highest BCUT2D eigenvalue weighted by Gasteiger charge is 2.15. The maximum Gasteiger partial charge on any atom is 0.263 e. The average Bonchev–Trinajstić information content (AvgIpc) is 2.65. The lowest BCUT2D eigenvalue weighted by Gasteiger charge is -2.12. The lowest BCUT2D eigenvalue weighted by Crippen LogP contribution is -2.10. The largest absolute Gasteiger partial charge is 0.321 e. The molecule has 0 bridgehead atoms. The number of nitrogens with one attached hydrogen (secondary N) is 1. The van der Waals surface area contributed by atoms with Crippen molar-refractivity contribution < 1.29 is 0 Å². The van der Waals surface area contributed by atoms with Gasteiger partial charge < -0.3 is 4.98 Å². The van der Waals surface area contributed by atoms with Crippen LogP contribution in [0.5, 0.6) is 0 Å². The molecule has 1 heterocycles. The summed E-state index contributed by atoms with van der Waals surface area (Å²) in [6.45, 7) is 0. The number of halogens is 1. The molecule has 4 aromatic rings. The summed E-state index contributed by atoms with van der Waals surface area (Å²) in [7, 11) is 0. The first-order valence-electron chi connectivity index (χ1n) is 7.86. The molecule has 0 atom stereocenters. The molecule has 1 aromatic heterocycles. The van der Waals surface area contributed by atoms with E-state index in [1.54, 1.807) is 0 Å². The maximum atomic E-state index is 12.8. The summed E-state index contributed by atoms with van der Waals surface area (Å²) in [5, 5.41) is 1.71. The molecule has 122 valence electrons. The van der Waals surface area contributed by atoms with E-state index in [0.29, 0.717) is 9.92 Å². The lowest BCUT2D eigenvalue weighted by atomic mass is 10.0. The molecular formula is C21H14ClNOS. The van der Waals surface area contributed by atoms with Crippen molar-refractivity contribution in [1.29, 1.82) is 0 Å². The van der Waals surface area contributed by atoms with Gasteiger partial charge in [0.25, 0.3) is 5.56 Å². The third-order valence-corrected chi connectivity index (χ3v) is 5.33. The fourth-order valence-corrected chi connectivity index (χ4v) is 3.94. The minimum Gasteiger partial charge on any atom is -0.321 e. The number of para-hydroxylation sites is 1. The molecule has 25 heavy (non-hydrogen) atoms. The molecule has 0 amide bonds. The number of benzene rings is 3. The fourth-order valence-electron chi connectivity index (χ4n) is 2.83. The van der Waals surface area contributed by atoms with Gasteiger partial charge in [0, 0.05) is 26.4 Å². The lowest BCUT2D eigenvalue weighted by molar-refractivity contribution is 1.20. The molecule has 0 spiro atoms. The standard InChI is InChI=1S/C21H14ClNOS/c22-15-10-12-16(13-11-15)25-20-19(14-6-2-1-3-7-14)17-8-4-5-9-18(17)23-21(20)24/h1-13H,(H,23,24). The highest BCUT2D eigenvalue weighted by atomic mass is 35.5. The molecule has 0 saturated carbocycles. The van der Waals surface area contributed by atoms with E-state index in [1.165, 1.54) is 11.8 Å². The topological polar surface area (TPSA) is 32.9 Å². The van der Waals surface area contributed by atoms with E-state index in [9.17, 15) is 4.79 Å². The molecule has 4 heteroatoms. The third-order valence-electron chi connectivity index (χ3n) is 3.97. The average molecular weight is 364 g/mol.